The van der Waals surface area contributed by atoms with Gasteiger partial charge in [0.25, 0.3) is 6.47 Å². The van der Waals surface area contributed by atoms with Crippen molar-refractivity contribution in [1.29, 1.82) is 0 Å². The average molecular weight is 152 g/mol. The minimum Gasteiger partial charge on any atom is -0.483 e. The van der Waals surface area contributed by atoms with Crippen molar-refractivity contribution < 1.29 is 9.90 Å². The van der Waals surface area contributed by atoms with E-state index in [2.05, 4.69) is 38.1 Å². The Morgan fingerprint density at radius 3 is 1.82 bits per heavy atom. The molecule has 0 saturated carbocycles. The highest BCUT2D eigenvalue weighted by Crippen LogP contribution is 2.00. The minimum absolute atomic E-state index is 0.250. The van der Waals surface area contributed by atoms with Gasteiger partial charge in [-0.25, -0.2) is 0 Å². The van der Waals surface area contributed by atoms with Gasteiger partial charge in [-0.2, -0.15) is 0 Å². The number of carbonyl (C=O) groups is 1. The van der Waals surface area contributed by atoms with Crippen LogP contribution in [-0.2, 0) is 4.79 Å². The standard InChI is InChI=1S/C8H10.CH2O2/c1-7-4-3-5-8(2)6-7;2-1-3/h3-6H,1-2H3;1H,(H,2,3). The second kappa shape index (κ2) is 5.47. The van der Waals surface area contributed by atoms with E-state index in [9.17, 15) is 0 Å². The van der Waals surface area contributed by atoms with Gasteiger partial charge in [0.1, 0.15) is 0 Å². The normalized spacial score (nSPS) is 7.82. The Morgan fingerprint density at radius 1 is 1.27 bits per heavy atom. The summed E-state index contributed by atoms with van der Waals surface area (Å²) in [7, 11) is 0. The third-order valence-corrected chi connectivity index (χ3v) is 1.17. The summed E-state index contributed by atoms with van der Waals surface area (Å²) in [4.78, 5) is 8.36. The highest BCUT2D eigenvalue weighted by atomic mass is 16.3. The SMILES string of the molecule is Cc1cccc(C)c1.O=CO. The largest absolute Gasteiger partial charge is 0.483 e. The van der Waals surface area contributed by atoms with Crippen LogP contribution in [0.4, 0.5) is 0 Å². The molecule has 0 amide bonds. The van der Waals surface area contributed by atoms with Gasteiger partial charge in [-0.05, 0) is 13.8 Å². The smallest absolute Gasteiger partial charge is 0.290 e. The molecule has 0 bridgehead atoms. The number of hydrogen-bond acceptors (Lipinski definition) is 1. The van der Waals surface area contributed by atoms with Gasteiger partial charge in [-0.3, -0.25) is 4.79 Å². The van der Waals surface area contributed by atoms with E-state index in [4.69, 9.17) is 9.90 Å². The monoisotopic (exact) mass is 152 g/mol. The summed E-state index contributed by atoms with van der Waals surface area (Å²) in [6.45, 7) is 3.96. The first-order valence-electron chi connectivity index (χ1n) is 3.32. The van der Waals surface area contributed by atoms with Crippen LogP contribution >= 0.6 is 0 Å². The van der Waals surface area contributed by atoms with Gasteiger partial charge in [0.15, 0.2) is 0 Å². The van der Waals surface area contributed by atoms with E-state index >= 15 is 0 Å². The van der Waals surface area contributed by atoms with E-state index in [1.165, 1.54) is 11.1 Å². The topological polar surface area (TPSA) is 37.3 Å². The Kier molecular flexibility index (Phi) is 4.82. The van der Waals surface area contributed by atoms with Gasteiger partial charge < -0.3 is 5.11 Å². The van der Waals surface area contributed by atoms with E-state index in [-0.39, 0.29) is 6.47 Å². The molecule has 0 heterocycles. The zero-order valence-electron chi connectivity index (χ0n) is 6.74. The lowest BCUT2D eigenvalue weighted by Crippen LogP contribution is -1.71. The molecular weight excluding hydrogens is 140 g/mol. The maximum atomic E-state index is 8.36. The molecule has 11 heavy (non-hydrogen) atoms. The Balaban J connectivity index is 0.000000292. The molecular formula is C9H12O2. The van der Waals surface area contributed by atoms with Gasteiger partial charge in [0, 0.05) is 0 Å². The number of carboxylic acid groups (broad SMARTS) is 1. The molecule has 0 aliphatic heterocycles. The summed E-state index contributed by atoms with van der Waals surface area (Å²) in [5.74, 6) is 0. The Morgan fingerprint density at radius 2 is 1.64 bits per heavy atom. The lowest BCUT2D eigenvalue weighted by Gasteiger charge is -1.90. The summed E-state index contributed by atoms with van der Waals surface area (Å²) in [6, 6.07) is 8.45. The Hall–Kier alpha value is -1.31. The summed E-state index contributed by atoms with van der Waals surface area (Å²) in [5.41, 5.74) is 2.68. The van der Waals surface area contributed by atoms with Crippen molar-refractivity contribution in [1.82, 2.24) is 0 Å². The van der Waals surface area contributed by atoms with E-state index in [0.717, 1.165) is 0 Å². The van der Waals surface area contributed by atoms with E-state index < -0.39 is 0 Å². The van der Waals surface area contributed by atoms with E-state index in [0.29, 0.717) is 0 Å². The maximum Gasteiger partial charge on any atom is 0.290 e. The predicted octanol–water partition coefficient (Wildman–Crippen LogP) is 2.00. The molecule has 0 spiro atoms. The summed E-state index contributed by atoms with van der Waals surface area (Å²) in [6.07, 6.45) is 0. The van der Waals surface area contributed by atoms with Crippen LogP contribution in [0.2, 0.25) is 0 Å². The van der Waals surface area contributed by atoms with Crippen LogP contribution in [0.5, 0.6) is 0 Å². The van der Waals surface area contributed by atoms with Gasteiger partial charge in [-0.1, -0.05) is 35.4 Å². The number of hydrogen-bond donors (Lipinski definition) is 1. The number of benzene rings is 1. The van der Waals surface area contributed by atoms with Crippen molar-refractivity contribution in [2.24, 2.45) is 0 Å². The summed E-state index contributed by atoms with van der Waals surface area (Å²) >= 11 is 0. The quantitative estimate of drug-likeness (QED) is 0.577. The molecule has 0 aromatic heterocycles. The van der Waals surface area contributed by atoms with Gasteiger partial charge >= 0.3 is 0 Å². The molecule has 0 radical (unpaired) electrons. The Bertz CT molecular complexity index is 201. The average Bonchev–Trinajstić information content (AvgIpc) is 1.88. The van der Waals surface area contributed by atoms with Gasteiger partial charge in [-0.15, -0.1) is 0 Å². The van der Waals surface area contributed by atoms with Gasteiger partial charge in [0.2, 0.25) is 0 Å². The molecule has 2 heteroatoms. The molecule has 1 rings (SSSR count). The highest BCUT2D eigenvalue weighted by molar-refractivity contribution is 5.32. The van der Waals surface area contributed by atoms with Crippen molar-refractivity contribution in [3.63, 3.8) is 0 Å². The third kappa shape index (κ3) is 5.15. The molecule has 0 unspecified atom stereocenters. The van der Waals surface area contributed by atoms with Crippen LogP contribution in [0.25, 0.3) is 0 Å². The molecule has 1 aromatic carbocycles. The van der Waals surface area contributed by atoms with Crippen LogP contribution in [0.15, 0.2) is 24.3 Å². The molecule has 0 saturated heterocycles. The second-order valence-corrected chi connectivity index (χ2v) is 2.26. The second-order valence-electron chi connectivity index (χ2n) is 2.26. The molecule has 1 N–H and O–H groups in total. The molecule has 1 aromatic rings. The molecule has 60 valence electrons. The van der Waals surface area contributed by atoms with Crippen molar-refractivity contribution in [3.8, 4) is 0 Å². The summed E-state index contributed by atoms with van der Waals surface area (Å²) in [5, 5.41) is 6.89. The van der Waals surface area contributed by atoms with Crippen LogP contribution in [0.3, 0.4) is 0 Å². The van der Waals surface area contributed by atoms with E-state index in [1.807, 2.05) is 0 Å². The molecule has 2 nitrogen and oxygen atoms in total. The fourth-order valence-electron chi connectivity index (χ4n) is 0.807. The van der Waals surface area contributed by atoms with Crippen molar-refractivity contribution in [2.75, 3.05) is 0 Å². The zero-order valence-corrected chi connectivity index (χ0v) is 6.74. The molecule has 0 aliphatic carbocycles. The molecule has 0 aliphatic rings. The zero-order chi connectivity index (χ0) is 8.69. The fourth-order valence-corrected chi connectivity index (χ4v) is 0.807. The first-order valence-corrected chi connectivity index (χ1v) is 3.32. The van der Waals surface area contributed by atoms with Crippen molar-refractivity contribution >= 4 is 6.47 Å². The first-order chi connectivity index (χ1) is 5.20. The highest BCUT2D eigenvalue weighted by Gasteiger charge is 1.80. The minimum atomic E-state index is -0.250. The lowest BCUT2D eigenvalue weighted by atomic mass is 10.2. The number of aryl methyl sites for hydroxylation is 2. The number of rotatable bonds is 0. The first kappa shape index (κ1) is 9.69. The predicted molar refractivity (Wildman–Crippen MR) is 44.6 cm³/mol. The fraction of sp³-hybridized carbons (Fsp3) is 0.222. The molecule has 0 fully saturated rings. The van der Waals surface area contributed by atoms with Crippen LogP contribution in [0, 0.1) is 13.8 Å². The van der Waals surface area contributed by atoms with Crippen molar-refractivity contribution in [3.05, 3.63) is 35.4 Å². The van der Waals surface area contributed by atoms with Gasteiger partial charge in [0.05, 0.1) is 0 Å². The maximum absolute atomic E-state index is 8.36. The van der Waals surface area contributed by atoms with Crippen molar-refractivity contribution in [2.45, 2.75) is 13.8 Å². The summed E-state index contributed by atoms with van der Waals surface area (Å²) < 4.78 is 0. The van der Waals surface area contributed by atoms with Crippen LogP contribution in [0.1, 0.15) is 11.1 Å². The van der Waals surface area contributed by atoms with E-state index in [1.54, 1.807) is 0 Å². The Labute approximate surface area is 66.5 Å². The lowest BCUT2D eigenvalue weighted by molar-refractivity contribution is -0.122. The molecule has 0 atom stereocenters. The third-order valence-electron chi connectivity index (χ3n) is 1.17. The van der Waals surface area contributed by atoms with Crippen LogP contribution in [-0.4, -0.2) is 11.6 Å². The van der Waals surface area contributed by atoms with Crippen LogP contribution < -0.4 is 0 Å².